The van der Waals surface area contributed by atoms with Crippen molar-refractivity contribution < 1.29 is 5.11 Å². The first-order valence-corrected chi connectivity index (χ1v) is 11.0. The Morgan fingerprint density at radius 3 is 2.47 bits per heavy atom. The average molecular weight is 446 g/mol. The van der Waals surface area contributed by atoms with Gasteiger partial charge in [0.05, 0.1) is 33.6 Å². The van der Waals surface area contributed by atoms with Gasteiger partial charge >= 0.3 is 0 Å². The van der Waals surface area contributed by atoms with Crippen LogP contribution >= 0.6 is 23.2 Å². The number of hydrogen-bond acceptors (Lipinski definition) is 4. The minimum absolute atomic E-state index is 0.0196. The molecule has 0 saturated heterocycles. The van der Waals surface area contributed by atoms with E-state index < -0.39 is 0 Å². The molecule has 3 rings (SSSR count). The van der Waals surface area contributed by atoms with Crippen molar-refractivity contribution in [2.24, 2.45) is 5.92 Å². The zero-order valence-electron chi connectivity index (χ0n) is 17.8. The molecule has 0 bridgehead atoms. The van der Waals surface area contributed by atoms with Gasteiger partial charge in [-0.3, -0.25) is 4.98 Å². The number of allylic oxidation sites excluding steroid dienone is 1. The SMILES string of the molecule is CC/C=C(\c1cc(C#N)c(Cl)cc1C)c1cncc(N)c1Cl.CC1CCC(O)CC1. The summed E-state index contributed by atoms with van der Waals surface area (Å²) >= 11 is 12.4. The summed E-state index contributed by atoms with van der Waals surface area (Å²) in [6.07, 6.45) is 10.6. The lowest BCUT2D eigenvalue weighted by Gasteiger charge is -2.21. The summed E-state index contributed by atoms with van der Waals surface area (Å²) in [7, 11) is 0. The number of nitrogen functional groups attached to an aromatic ring is 1. The predicted molar refractivity (Wildman–Crippen MR) is 126 cm³/mol. The number of halogens is 2. The lowest BCUT2D eigenvalue weighted by Crippen LogP contribution is -2.15. The van der Waals surface area contributed by atoms with Gasteiger partial charge < -0.3 is 10.8 Å². The maximum atomic E-state index is 9.20. The van der Waals surface area contributed by atoms with Gasteiger partial charge in [0.15, 0.2) is 0 Å². The fraction of sp³-hybridized carbons (Fsp3) is 0.417. The van der Waals surface area contributed by atoms with Crippen molar-refractivity contribution in [1.82, 2.24) is 4.98 Å². The molecule has 0 aliphatic heterocycles. The Labute approximate surface area is 189 Å². The molecule has 1 aromatic carbocycles. The summed E-state index contributed by atoms with van der Waals surface area (Å²) < 4.78 is 0. The van der Waals surface area contributed by atoms with Crippen molar-refractivity contribution in [3.63, 3.8) is 0 Å². The number of aliphatic hydroxyl groups is 1. The van der Waals surface area contributed by atoms with Gasteiger partial charge in [-0.15, -0.1) is 0 Å². The number of hydrogen-bond donors (Lipinski definition) is 2. The lowest BCUT2D eigenvalue weighted by atomic mass is 9.89. The van der Waals surface area contributed by atoms with Crippen molar-refractivity contribution in [2.75, 3.05) is 5.73 Å². The van der Waals surface area contributed by atoms with E-state index in [1.54, 1.807) is 18.3 Å². The van der Waals surface area contributed by atoms with Crippen LogP contribution in [0.5, 0.6) is 0 Å². The van der Waals surface area contributed by atoms with Crippen LogP contribution in [0.25, 0.3) is 5.57 Å². The van der Waals surface area contributed by atoms with Crippen LogP contribution in [0.1, 0.15) is 68.2 Å². The molecule has 0 spiro atoms. The Balaban J connectivity index is 0.000000335. The van der Waals surface area contributed by atoms with E-state index in [4.69, 9.17) is 34.0 Å². The van der Waals surface area contributed by atoms with Gasteiger partial charge in [-0.05, 0) is 73.8 Å². The Hall–Kier alpha value is -2.06. The molecule has 1 heterocycles. The number of anilines is 1. The molecule has 1 aromatic heterocycles. The van der Waals surface area contributed by atoms with Gasteiger partial charge in [-0.25, -0.2) is 0 Å². The van der Waals surface area contributed by atoms with Gasteiger partial charge in [0, 0.05) is 11.8 Å². The number of aliphatic hydroxyl groups excluding tert-OH is 1. The van der Waals surface area contributed by atoms with Crippen molar-refractivity contribution >= 4 is 34.5 Å². The van der Waals surface area contributed by atoms with E-state index in [1.165, 1.54) is 19.0 Å². The van der Waals surface area contributed by atoms with Crippen LogP contribution in [0.4, 0.5) is 5.69 Å². The van der Waals surface area contributed by atoms with Crippen LogP contribution in [0.15, 0.2) is 30.6 Å². The Bertz CT molecular complexity index is 932. The van der Waals surface area contributed by atoms with Crippen LogP contribution in [0.2, 0.25) is 10.0 Å². The fourth-order valence-corrected chi connectivity index (χ4v) is 3.97. The number of rotatable bonds is 3. The standard InChI is InChI=1S/C17H15Cl2N3.C7H14O/c1-3-4-12(14-8-22-9-16(21)17(14)19)13-6-11(7-20)15(18)5-10(13)2;1-6-2-4-7(8)5-3-6/h4-6,8-9H,3,21H2,1-2H3;6-8H,2-5H2,1H3/b12-4+;. The number of nitriles is 1. The highest BCUT2D eigenvalue weighted by atomic mass is 35.5. The number of nitrogens with two attached hydrogens (primary N) is 1. The van der Waals surface area contributed by atoms with E-state index in [0.717, 1.165) is 47.4 Å². The third-order valence-corrected chi connectivity index (χ3v) is 6.05. The first-order chi connectivity index (χ1) is 14.3. The van der Waals surface area contributed by atoms with Crippen LogP contribution < -0.4 is 5.73 Å². The first-order valence-electron chi connectivity index (χ1n) is 10.3. The highest BCUT2D eigenvalue weighted by Gasteiger charge is 2.16. The van der Waals surface area contributed by atoms with Crippen LogP contribution in [0.3, 0.4) is 0 Å². The Morgan fingerprint density at radius 1 is 1.23 bits per heavy atom. The van der Waals surface area contributed by atoms with Crippen LogP contribution in [-0.4, -0.2) is 16.2 Å². The molecular formula is C24H29Cl2N3O. The van der Waals surface area contributed by atoms with Crippen LogP contribution in [-0.2, 0) is 0 Å². The molecule has 6 heteroatoms. The van der Waals surface area contributed by atoms with Gasteiger partial charge in [0.1, 0.15) is 6.07 Å². The van der Waals surface area contributed by atoms with E-state index in [0.29, 0.717) is 21.3 Å². The molecule has 160 valence electrons. The molecule has 1 saturated carbocycles. The molecule has 3 N–H and O–H groups in total. The molecule has 0 amide bonds. The molecule has 0 atom stereocenters. The average Bonchev–Trinajstić information content (AvgIpc) is 2.72. The number of benzene rings is 1. The topological polar surface area (TPSA) is 82.9 Å². The maximum absolute atomic E-state index is 9.20. The minimum atomic E-state index is 0.0196. The van der Waals surface area contributed by atoms with E-state index >= 15 is 0 Å². The lowest BCUT2D eigenvalue weighted by molar-refractivity contribution is 0.112. The van der Waals surface area contributed by atoms with Crippen molar-refractivity contribution in [1.29, 1.82) is 5.26 Å². The Kier molecular flexibility index (Phi) is 9.17. The third kappa shape index (κ3) is 6.22. The highest BCUT2D eigenvalue weighted by Crippen LogP contribution is 2.35. The van der Waals surface area contributed by atoms with E-state index in [-0.39, 0.29) is 6.10 Å². The predicted octanol–water partition coefficient (Wildman–Crippen LogP) is 6.55. The molecule has 4 nitrogen and oxygen atoms in total. The smallest absolute Gasteiger partial charge is 0.101 e. The van der Waals surface area contributed by atoms with Crippen molar-refractivity contribution in [3.8, 4) is 6.07 Å². The van der Waals surface area contributed by atoms with E-state index in [2.05, 4.69) is 18.0 Å². The zero-order chi connectivity index (χ0) is 22.3. The second-order valence-corrected chi connectivity index (χ2v) is 8.57. The van der Waals surface area contributed by atoms with Gasteiger partial charge in [0.25, 0.3) is 0 Å². The van der Waals surface area contributed by atoms with Gasteiger partial charge in [0.2, 0.25) is 0 Å². The molecular weight excluding hydrogens is 417 g/mol. The minimum Gasteiger partial charge on any atom is -0.396 e. The molecule has 2 aromatic rings. The summed E-state index contributed by atoms with van der Waals surface area (Å²) in [5.41, 5.74) is 10.2. The molecule has 0 radical (unpaired) electrons. The van der Waals surface area contributed by atoms with Crippen molar-refractivity contribution in [2.45, 2.75) is 59.0 Å². The first kappa shape index (κ1) is 24.2. The highest BCUT2D eigenvalue weighted by molar-refractivity contribution is 6.35. The normalized spacial score (nSPS) is 18.9. The molecule has 1 aliphatic carbocycles. The van der Waals surface area contributed by atoms with Crippen molar-refractivity contribution in [3.05, 3.63) is 62.9 Å². The van der Waals surface area contributed by atoms with Gasteiger partial charge in [-0.1, -0.05) is 43.1 Å². The molecule has 30 heavy (non-hydrogen) atoms. The number of pyridine rings is 1. The number of aryl methyl sites for hydroxylation is 1. The fourth-order valence-electron chi connectivity index (χ4n) is 3.51. The molecule has 1 aliphatic rings. The zero-order valence-corrected chi connectivity index (χ0v) is 19.3. The monoisotopic (exact) mass is 445 g/mol. The summed E-state index contributed by atoms with van der Waals surface area (Å²) in [4.78, 5) is 4.12. The number of aromatic nitrogens is 1. The molecule has 0 unspecified atom stereocenters. The largest absolute Gasteiger partial charge is 0.396 e. The third-order valence-electron chi connectivity index (χ3n) is 5.32. The quantitative estimate of drug-likeness (QED) is 0.560. The second kappa shape index (κ2) is 11.4. The number of nitrogens with zero attached hydrogens (tertiary/aromatic N) is 2. The van der Waals surface area contributed by atoms with E-state index in [1.807, 2.05) is 19.9 Å². The summed E-state index contributed by atoms with van der Waals surface area (Å²) in [5, 5.41) is 19.1. The summed E-state index contributed by atoms with van der Waals surface area (Å²) in [5.74, 6) is 0.860. The second-order valence-electron chi connectivity index (χ2n) is 7.79. The van der Waals surface area contributed by atoms with Crippen LogP contribution in [0, 0.1) is 24.2 Å². The maximum Gasteiger partial charge on any atom is 0.101 e. The van der Waals surface area contributed by atoms with Gasteiger partial charge in [-0.2, -0.15) is 5.26 Å². The Morgan fingerprint density at radius 2 is 1.90 bits per heavy atom. The molecule has 1 fully saturated rings. The summed E-state index contributed by atoms with van der Waals surface area (Å²) in [6, 6.07) is 5.67. The van der Waals surface area contributed by atoms with E-state index in [9.17, 15) is 5.26 Å². The summed E-state index contributed by atoms with van der Waals surface area (Å²) in [6.45, 7) is 6.23.